The summed E-state index contributed by atoms with van der Waals surface area (Å²) in [5.74, 6) is 0. The molecule has 120 valence electrons. The minimum Gasteiger partial charge on any atom is -0.355 e. The molecule has 0 aliphatic carbocycles. The number of aromatic nitrogens is 4. The van der Waals surface area contributed by atoms with Crippen molar-refractivity contribution >= 4 is 58.0 Å². The second kappa shape index (κ2) is 5.46. The van der Waals surface area contributed by atoms with Gasteiger partial charge in [-0.1, -0.05) is 11.6 Å². The highest BCUT2D eigenvalue weighted by Crippen LogP contribution is 2.25. The topological polar surface area (TPSA) is 57.4 Å². The smallest absolute Gasteiger partial charge is 0.0919 e. The molecule has 8 bridgehead atoms. The largest absolute Gasteiger partial charge is 0.355 e. The number of halogens is 1. The van der Waals surface area contributed by atoms with Gasteiger partial charge >= 0.3 is 0 Å². The summed E-state index contributed by atoms with van der Waals surface area (Å²) in [6.45, 7) is 0. The fraction of sp³-hybridized carbons (Fsp3) is 0. The Morgan fingerprint density at radius 1 is 0.600 bits per heavy atom. The van der Waals surface area contributed by atoms with Crippen molar-refractivity contribution in [1.29, 1.82) is 0 Å². The van der Waals surface area contributed by atoms with E-state index < -0.39 is 0 Å². The predicted molar refractivity (Wildman–Crippen MR) is 104 cm³/mol. The lowest BCUT2D eigenvalue weighted by Crippen LogP contribution is -1.81. The van der Waals surface area contributed by atoms with E-state index in [1.807, 2.05) is 60.7 Å². The third kappa shape index (κ3) is 2.66. The first-order valence-electron chi connectivity index (χ1n) is 7.96. The zero-order chi connectivity index (χ0) is 16.8. The van der Waals surface area contributed by atoms with Gasteiger partial charge in [0.25, 0.3) is 0 Å². The van der Waals surface area contributed by atoms with Gasteiger partial charge in [0.05, 0.1) is 27.8 Å². The number of hydrogen-bond donors (Lipinski definition) is 2. The van der Waals surface area contributed by atoms with Gasteiger partial charge in [0.2, 0.25) is 0 Å². The Kier molecular flexibility index (Phi) is 3.11. The maximum absolute atomic E-state index is 6.50. The average Bonchev–Trinajstić information content (AvgIpc) is 3.36. The molecular formula is C20H13ClN4. The Labute approximate surface area is 148 Å². The van der Waals surface area contributed by atoms with Crippen LogP contribution in [-0.2, 0) is 0 Å². The Bertz CT molecular complexity index is 1120. The number of fused-ring (bicyclic) bond motifs is 8. The molecule has 5 heteroatoms. The number of rotatable bonds is 0. The Morgan fingerprint density at radius 2 is 1.04 bits per heavy atom. The standard InChI is InChI=1S/C20H13ClN4/c21-20-18-7-5-16(24-18)10-14-3-1-12(22-14)9-13-2-4-15(23-13)11-17-6-8-19(20)25-17/h1-11,22-23H. The zero-order valence-corrected chi connectivity index (χ0v) is 13.9. The molecule has 3 aromatic rings. The SMILES string of the molecule is Clc1c2nc(cc3ccc(cc4ccc(cc5nc1C=C5)[nH]4)[nH]3)C=C2. The number of H-pyrrole nitrogens is 2. The van der Waals surface area contributed by atoms with Gasteiger partial charge in [-0.15, -0.1) is 0 Å². The number of hydrogen-bond acceptors (Lipinski definition) is 2. The fourth-order valence-electron chi connectivity index (χ4n) is 2.97. The molecule has 0 radical (unpaired) electrons. The first-order chi connectivity index (χ1) is 12.2. The van der Waals surface area contributed by atoms with E-state index in [9.17, 15) is 0 Å². The van der Waals surface area contributed by atoms with Crippen LogP contribution in [0.5, 0.6) is 0 Å². The summed E-state index contributed by atoms with van der Waals surface area (Å²) >= 11 is 6.50. The lowest BCUT2D eigenvalue weighted by molar-refractivity contribution is 1.28. The van der Waals surface area contributed by atoms with Crippen LogP contribution in [-0.4, -0.2) is 19.9 Å². The van der Waals surface area contributed by atoms with E-state index in [0.717, 1.165) is 44.8 Å². The van der Waals surface area contributed by atoms with Crippen molar-refractivity contribution in [2.75, 3.05) is 0 Å². The van der Waals surface area contributed by atoms with Gasteiger partial charge in [-0.3, -0.25) is 0 Å². The highest BCUT2D eigenvalue weighted by molar-refractivity contribution is 6.33. The number of aromatic amines is 2. The molecule has 0 saturated heterocycles. The molecule has 3 aromatic heterocycles. The van der Waals surface area contributed by atoms with E-state index in [1.165, 1.54) is 0 Å². The van der Waals surface area contributed by atoms with Crippen molar-refractivity contribution in [3.8, 4) is 0 Å². The maximum atomic E-state index is 6.50. The Morgan fingerprint density at radius 3 is 1.52 bits per heavy atom. The van der Waals surface area contributed by atoms with Gasteiger partial charge in [-0.2, -0.15) is 0 Å². The maximum Gasteiger partial charge on any atom is 0.0919 e. The van der Waals surface area contributed by atoms with Crippen LogP contribution in [0.15, 0.2) is 42.5 Å². The molecule has 25 heavy (non-hydrogen) atoms. The molecule has 0 amide bonds. The van der Waals surface area contributed by atoms with Crippen molar-refractivity contribution in [2.24, 2.45) is 0 Å². The molecule has 2 aliphatic heterocycles. The summed E-state index contributed by atoms with van der Waals surface area (Å²) < 4.78 is 0. The third-order valence-electron chi connectivity index (χ3n) is 4.15. The van der Waals surface area contributed by atoms with E-state index in [2.05, 4.69) is 26.0 Å². The van der Waals surface area contributed by atoms with Crippen LogP contribution < -0.4 is 0 Å². The van der Waals surface area contributed by atoms with E-state index in [4.69, 9.17) is 11.6 Å². The molecule has 0 fully saturated rings. The first-order valence-corrected chi connectivity index (χ1v) is 8.34. The summed E-state index contributed by atoms with van der Waals surface area (Å²) in [6, 6.07) is 14.2. The highest BCUT2D eigenvalue weighted by atomic mass is 35.5. The molecule has 5 rings (SSSR count). The van der Waals surface area contributed by atoms with Gasteiger partial charge in [0.1, 0.15) is 0 Å². The van der Waals surface area contributed by atoms with Crippen molar-refractivity contribution in [3.05, 3.63) is 70.3 Å². The molecule has 0 unspecified atom stereocenters. The molecule has 0 atom stereocenters. The summed E-state index contributed by atoms with van der Waals surface area (Å²) in [5.41, 5.74) is 7.20. The quantitative estimate of drug-likeness (QED) is 0.400. The van der Waals surface area contributed by atoms with E-state index in [0.29, 0.717) is 5.02 Å². The molecule has 2 N–H and O–H groups in total. The zero-order valence-electron chi connectivity index (χ0n) is 13.1. The van der Waals surface area contributed by atoms with Gasteiger partial charge in [-0.25, -0.2) is 9.97 Å². The highest BCUT2D eigenvalue weighted by Gasteiger charge is 2.09. The summed E-state index contributed by atoms with van der Waals surface area (Å²) in [6.07, 6.45) is 7.73. The molecule has 4 nitrogen and oxygen atoms in total. The second-order valence-electron chi connectivity index (χ2n) is 6.00. The fourth-order valence-corrected chi connectivity index (χ4v) is 3.18. The predicted octanol–water partition coefficient (Wildman–Crippen LogP) is 5.31. The second-order valence-corrected chi connectivity index (χ2v) is 6.37. The van der Waals surface area contributed by atoms with Crippen LogP contribution in [0, 0.1) is 0 Å². The van der Waals surface area contributed by atoms with Crippen LogP contribution in [0.2, 0.25) is 5.02 Å². The normalized spacial score (nSPS) is 12.7. The van der Waals surface area contributed by atoms with Gasteiger partial charge in [0, 0.05) is 22.1 Å². The van der Waals surface area contributed by atoms with Crippen LogP contribution in [0.4, 0.5) is 0 Å². The average molecular weight is 345 g/mol. The molecular weight excluding hydrogens is 332 g/mol. The summed E-state index contributed by atoms with van der Waals surface area (Å²) in [5, 5.41) is 0.555. The number of nitrogens with zero attached hydrogens (tertiary/aromatic N) is 2. The molecule has 0 aromatic carbocycles. The minimum atomic E-state index is 0.555. The minimum absolute atomic E-state index is 0.555. The van der Waals surface area contributed by atoms with Crippen LogP contribution in [0.1, 0.15) is 22.8 Å². The Hall–Kier alpha value is -3.11. The lowest BCUT2D eigenvalue weighted by Gasteiger charge is -1.91. The van der Waals surface area contributed by atoms with Gasteiger partial charge < -0.3 is 9.97 Å². The van der Waals surface area contributed by atoms with E-state index >= 15 is 0 Å². The monoisotopic (exact) mass is 344 g/mol. The molecule has 0 spiro atoms. The lowest BCUT2D eigenvalue weighted by atomic mass is 10.3. The van der Waals surface area contributed by atoms with E-state index in [1.54, 1.807) is 0 Å². The third-order valence-corrected chi connectivity index (χ3v) is 4.54. The van der Waals surface area contributed by atoms with Gasteiger partial charge in [-0.05, 0) is 66.8 Å². The molecule has 5 heterocycles. The number of nitrogens with one attached hydrogen (secondary N) is 2. The molecule has 0 saturated carbocycles. The van der Waals surface area contributed by atoms with Crippen molar-refractivity contribution in [2.45, 2.75) is 0 Å². The van der Waals surface area contributed by atoms with Crippen molar-refractivity contribution in [1.82, 2.24) is 19.9 Å². The van der Waals surface area contributed by atoms with Crippen LogP contribution >= 0.6 is 11.6 Å². The Balaban J connectivity index is 1.88. The van der Waals surface area contributed by atoms with Gasteiger partial charge in [0.15, 0.2) is 0 Å². The van der Waals surface area contributed by atoms with Crippen LogP contribution in [0.25, 0.3) is 46.4 Å². The first kappa shape index (κ1) is 14.3. The van der Waals surface area contributed by atoms with Crippen molar-refractivity contribution in [3.63, 3.8) is 0 Å². The van der Waals surface area contributed by atoms with Crippen LogP contribution in [0.3, 0.4) is 0 Å². The summed E-state index contributed by atoms with van der Waals surface area (Å²) in [7, 11) is 0. The van der Waals surface area contributed by atoms with E-state index in [-0.39, 0.29) is 0 Å². The summed E-state index contributed by atoms with van der Waals surface area (Å²) in [4.78, 5) is 15.9. The molecule has 2 aliphatic rings. The van der Waals surface area contributed by atoms with Crippen molar-refractivity contribution < 1.29 is 0 Å².